The zero-order valence-corrected chi connectivity index (χ0v) is 12.7. The van der Waals surface area contributed by atoms with E-state index in [-0.39, 0.29) is 0 Å². The van der Waals surface area contributed by atoms with Gasteiger partial charge in [0.15, 0.2) is 22.5 Å². The monoisotopic (exact) mass is 407 g/mol. The van der Waals surface area contributed by atoms with Gasteiger partial charge in [-0.1, -0.05) is 6.07 Å². The topological polar surface area (TPSA) is 71.3 Å². The Hall–Kier alpha value is -1.57. The Bertz CT molecular complexity index is 605. The van der Waals surface area contributed by atoms with Crippen molar-refractivity contribution in [3.63, 3.8) is 0 Å². The van der Waals surface area contributed by atoms with Gasteiger partial charge in [-0.05, 0) is 0 Å². The van der Waals surface area contributed by atoms with Crippen molar-refractivity contribution in [3.8, 4) is 0 Å². The van der Waals surface area contributed by atoms with Gasteiger partial charge in [0, 0.05) is 25.0 Å². The fourth-order valence-electron chi connectivity index (χ4n) is 1.17. The van der Waals surface area contributed by atoms with E-state index in [1.807, 2.05) is 30.6 Å². The van der Waals surface area contributed by atoms with E-state index in [0.717, 1.165) is 0 Å². The van der Waals surface area contributed by atoms with E-state index >= 15 is 0 Å². The molecule has 4 nitrogen and oxygen atoms in total. The SMILES string of the molecule is O=S(=O)([O-])C(F)(F)C(F)(F)C(F)(F)CCC(F)(F)F.c1cc[nH+]cc1. The molecule has 0 aliphatic carbocycles. The van der Waals surface area contributed by atoms with Gasteiger partial charge in [0.25, 0.3) is 0 Å². The van der Waals surface area contributed by atoms with Crippen LogP contribution in [-0.4, -0.2) is 36.2 Å². The molecule has 1 aromatic heterocycles. The lowest BCUT2D eigenvalue weighted by Crippen LogP contribution is -2.57. The van der Waals surface area contributed by atoms with E-state index in [1.54, 1.807) is 0 Å². The smallest absolute Gasteiger partial charge is 0.402 e. The van der Waals surface area contributed by atoms with Crippen LogP contribution in [0, 0.1) is 0 Å². The van der Waals surface area contributed by atoms with Crippen molar-refractivity contribution >= 4 is 10.1 Å². The Morgan fingerprint density at radius 2 is 1.24 bits per heavy atom. The van der Waals surface area contributed by atoms with E-state index in [0.29, 0.717) is 0 Å². The van der Waals surface area contributed by atoms with E-state index in [2.05, 4.69) is 4.98 Å². The zero-order valence-electron chi connectivity index (χ0n) is 11.8. The molecule has 0 unspecified atom stereocenters. The molecule has 0 aliphatic heterocycles. The van der Waals surface area contributed by atoms with Crippen molar-refractivity contribution in [3.05, 3.63) is 30.6 Å². The standard InChI is InChI=1S/C6H5F9O3S.C5H5N/c7-3(8,1-2-4(9,10)11)5(12,13)6(14,15)19(16,17)18;1-2-4-6-5-3-1/h1-2H2,(H,16,17,18);1-5H. The molecule has 0 radical (unpaired) electrons. The molecule has 0 saturated heterocycles. The van der Waals surface area contributed by atoms with Gasteiger partial charge in [0.05, 0.1) is 0 Å². The molecule has 0 saturated carbocycles. The molecule has 146 valence electrons. The zero-order chi connectivity index (χ0) is 20.2. The first-order valence-corrected chi connectivity index (χ1v) is 7.43. The summed E-state index contributed by atoms with van der Waals surface area (Å²) in [6, 6.07) is 5.86. The molecule has 0 atom stereocenters. The quantitative estimate of drug-likeness (QED) is 0.556. The minimum atomic E-state index is -7.19. The average Bonchev–Trinajstić information content (AvgIpc) is 2.45. The first-order valence-electron chi connectivity index (χ1n) is 6.02. The van der Waals surface area contributed by atoms with Gasteiger partial charge in [-0.15, -0.1) is 0 Å². The summed E-state index contributed by atoms with van der Waals surface area (Å²) in [6.45, 7) is 0. The van der Waals surface area contributed by atoms with Crippen LogP contribution < -0.4 is 4.98 Å². The maximum atomic E-state index is 12.6. The molecule has 1 heterocycles. The van der Waals surface area contributed by atoms with Crippen molar-refractivity contribution in [1.82, 2.24) is 0 Å². The molecule has 25 heavy (non-hydrogen) atoms. The predicted octanol–water partition coefficient (Wildman–Crippen LogP) is 3.24. The van der Waals surface area contributed by atoms with Gasteiger partial charge in [0.1, 0.15) is 0 Å². The lowest BCUT2D eigenvalue weighted by molar-refractivity contribution is -0.377. The minimum Gasteiger partial charge on any atom is -0.743 e. The summed E-state index contributed by atoms with van der Waals surface area (Å²) in [5.74, 6) is -12.8. The van der Waals surface area contributed by atoms with Crippen LogP contribution >= 0.6 is 0 Å². The van der Waals surface area contributed by atoms with E-state index in [9.17, 15) is 52.5 Å². The largest absolute Gasteiger partial charge is 0.743 e. The number of hydrogen-bond donors (Lipinski definition) is 0. The number of aromatic amines is 1. The average molecular weight is 407 g/mol. The molecular formula is C11H10F9NO3S. The van der Waals surface area contributed by atoms with E-state index < -0.39 is 46.2 Å². The minimum absolute atomic E-state index is 1.88. The summed E-state index contributed by atoms with van der Waals surface area (Å²) in [4.78, 5) is 2.89. The second-order valence-corrected chi connectivity index (χ2v) is 5.86. The highest BCUT2D eigenvalue weighted by Gasteiger charge is 2.74. The van der Waals surface area contributed by atoms with E-state index in [1.165, 1.54) is 0 Å². The van der Waals surface area contributed by atoms with Crippen LogP contribution in [0.25, 0.3) is 0 Å². The van der Waals surface area contributed by atoms with Crippen LogP contribution in [-0.2, 0) is 10.1 Å². The lowest BCUT2D eigenvalue weighted by Gasteiger charge is -2.33. The molecule has 0 aliphatic rings. The molecule has 0 aromatic carbocycles. The van der Waals surface area contributed by atoms with Crippen LogP contribution in [0.15, 0.2) is 30.6 Å². The van der Waals surface area contributed by atoms with Crippen LogP contribution in [0.2, 0.25) is 0 Å². The molecular weight excluding hydrogens is 397 g/mol. The highest BCUT2D eigenvalue weighted by atomic mass is 32.2. The number of hydrogen-bond acceptors (Lipinski definition) is 3. The van der Waals surface area contributed by atoms with Crippen LogP contribution in [0.5, 0.6) is 0 Å². The molecule has 0 spiro atoms. The third kappa shape index (κ3) is 6.34. The second kappa shape index (κ2) is 7.76. The summed E-state index contributed by atoms with van der Waals surface area (Å²) in [6.07, 6.45) is -6.97. The third-order valence-corrected chi connectivity index (χ3v) is 3.35. The van der Waals surface area contributed by atoms with Crippen molar-refractivity contribution in [2.45, 2.75) is 36.1 Å². The van der Waals surface area contributed by atoms with Gasteiger partial charge in [-0.25, -0.2) is 13.4 Å². The molecule has 14 heteroatoms. The number of aromatic nitrogens is 1. The number of alkyl halides is 9. The molecule has 0 bridgehead atoms. The Kier molecular flexibility index (Phi) is 7.27. The van der Waals surface area contributed by atoms with Crippen molar-refractivity contribution in [2.75, 3.05) is 0 Å². The molecule has 1 rings (SSSR count). The molecule has 0 amide bonds. The van der Waals surface area contributed by atoms with Gasteiger partial charge >= 0.3 is 23.3 Å². The van der Waals surface area contributed by atoms with Crippen LogP contribution in [0.3, 0.4) is 0 Å². The summed E-state index contributed by atoms with van der Waals surface area (Å²) >= 11 is 0. The normalized spacial score (nSPS) is 13.8. The number of pyridine rings is 1. The first kappa shape index (κ1) is 23.4. The van der Waals surface area contributed by atoms with Crippen LogP contribution in [0.4, 0.5) is 39.5 Å². The van der Waals surface area contributed by atoms with Gasteiger partial charge in [0.2, 0.25) is 0 Å². The predicted molar refractivity (Wildman–Crippen MR) is 62.8 cm³/mol. The summed E-state index contributed by atoms with van der Waals surface area (Å²) in [5.41, 5.74) is 0. The number of nitrogens with one attached hydrogen (secondary N) is 1. The summed E-state index contributed by atoms with van der Waals surface area (Å²) < 4.78 is 139. The summed E-state index contributed by atoms with van der Waals surface area (Å²) in [7, 11) is -7.19. The van der Waals surface area contributed by atoms with Gasteiger partial charge in [-0.3, -0.25) is 0 Å². The molecule has 0 fully saturated rings. The lowest BCUT2D eigenvalue weighted by atomic mass is 10.1. The Labute approximate surface area is 135 Å². The Balaban J connectivity index is 0.000000796. The van der Waals surface area contributed by atoms with Crippen molar-refractivity contribution in [1.29, 1.82) is 0 Å². The second-order valence-electron chi connectivity index (χ2n) is 4.44. The number of rotatable bonds is 5. The Morgan fingerprint density at radius 1 is 0.800 bits per heavy atom. The molecule has 1 aromatic rings. The maximum absolute atomic E-state index is 12.6. The summed E-state index contributed by atoms with van der Waals surface area (Å²) in [5, 5.41) is -6.74. The fourth-order valence-corrected chi connectivity index (χ4v) is 1.63. The van der Waals surface area contributed by atoms with Gasteiger partial charge in [-0.2, -0.15) is 39.5 Å². The first-order chi connectivity index (χ1) is 11.0. The highest BCUT2D eigenvalue weighted by Crippen LogP contribution is 2.50. The Morgan fingerprint density at radius 3 is 1.48 bits per heavy atom. The van der Waals surface area contributed by atoms with Gasteiger partial charge < -0.3 is 4.55 Å². The molecule has 1 N–H and O–H groups in total. The van der Waals surface area contributed by atoms with Crippen LogP contribution in [0.1, 0.15) is 12.8 Å². The van der Waals surface area contributed by atoms with Crippen molar-refractivity contribution < 1.29 is 57.5 Å². The highest BCUT2D eigenvalue weighted by molar-refractivity contribution is 7.86. The fraction of sp³-hybridized carbons (Fsp3) is 0.545. The number of H-pyrrole nitrogens is 1. The number of halogens is 9. The van der Waals surface area contributed by atoms with E-state index in [4.69, 9.17) is 0 Å². The van der Waals surface area contributed by atoms with Crippen molar-refractivity contribution in [2.24, 2.45) is 0 Å². The third-order valence-electron chi connectivity index (χ3n) is 2.47. The maximum Gasteiger partial charge on any atom is 0.402 e.